The molecule has 6 nitrogen and oxygen atoms in total. The summed E-state index contributed by atoms with van der Waals surface area (Å²) in [6, 6.07) is 7.87. The summed E-state index contributed by atoms with van der Waals surface area (Å²) in [5.41, 5.74) is 3.56. The van der Waals surface area contributed by atoms with Crippen molar-refractivity contribution < 1.29 is 0 Å². The Morgan fingerprint density at radius 3 is 2.86 bits per heavy atom. The first kappa shape index (κ1) is 12.3. The number of aromatic nitrogens is 4. The lowest BCUT2D eigenvalue weighted by atomic mass is 10.1. The van der Waals surface area contributed by atoms with Crippen molar-refractivity contribution in [3.8, 4) is 0 Å². The number of imidazole rings is 1. The summed E-state index contributed by atoms with van der Waals surface area (Å²) in [5.74, 6) is 1.46. The number of rotatable bonds is 2. The molecule has 0 bridgehead atoms. The molecule has 1 aliphatic heterocycles. The Balaban J connectivity index is 1.70. The molecule has 0 saturated carbocycles. The predicted molar refractivity (Wildman–Crippen MR) is 79.2 cm³/mol. The van der Waals surface area contributed by atoms with Crippen LogP contribution in [0.3, 0.4) is 0 Å². The van der Waals surface area contributed by atoms with Gasteiger partial charge in [-0.15, -0.1) is 0 Å². The number of nitrogens with zero attached hydrogens (tertiary/aromatic N) is 2. The molecule has 106 valence electrons. The second kappa shape index (κ2) is 4.82. The third-order valence-corrected chi connectivity index (χ3v) is 3.77. The van der Waals surface area contributed by atoms with Gasteiger partial charge in [0.15, 0.2) is 0 Å². The fourth-order valence-corrected chi connectivity index (χ4v) is 2.75. The molecule has 0 amide bonds. The topological polar surface area (TPSA) is 86.5 Å². The van der Waals surface area contributed by atoms with Gasteiger partial charge in [-0.05, 0) is 25.1 Å². The highest BCUT2D eigenvalue weighted by Gasteiger charge is 2.15. The van der Waals surface area contributed by atoms with Crippen molar-refractivity contribution in [2.75, 3.05) is 6.54 Å². The maximum atomic E-state index is 12.1. The van der Waals surface area contributed by atoms with E-state index in [9.17, 15) is 4.79 Å². The molecular formula is C15H15N5O. The van der Waals surface area contributed by atoms with Gasteiger partial charge in [0.1, 0.15) is 11.6 Å². The van der Waals surface area contributed by atoms with Crippen molar-refractivity contribution >= 4 is 11.0 Å². The normalized spacial score (nSPS) is 14.3. The fourth-order valence-electron chi connectivity index (χ4n) is 2.75. The number of aromatic amines is 2. The van der Waals surface area contributed by atoms with E-state index in [-0.39, 0.29) is 5.56 Å². The van der Waals surface area contributed by atoms with Crippen LogP contribution >= 0.6 is 0 Å². The lowest BCUT2D eigenvalue weighted by molar-refractivity contribution is 0.612. The van der Waals surface area contributed by atoms with E-state index in [4.69, 9.17) is 0 Å². The van der Waals surface area contributed by atoms with Crippen LogP contribution in [-0.2, 0) is 19.4 Å². The van der Waals surface area contributed by atoms with E-state index in [1.54, 1.807) is 0 Å². The van der Waals surface area contributed by atoms with Crippen LogP contribution in [0.4, 0.5) is 0 Å². The first-order chi connectivity index (χ1) is 10.3. The monoisotopic (exact) mass is 281 g/mol. The number of fused-ring (bicyclic) bond motifs is 2. The second-order valence-corrected chi connectivity index (χ2v) is 5.24. The van der Waals surface area contributed by atoms with Crippen molar-refractivity contribution in [3.05, 3.63) is 57.5 Å². The van der Waals surface area contributed by atoms with Crippen LogP contribution in [-0.4, -0.2) is 26.5 Å². The van der Waals surface area contributed by atoms with Crippen molar-refractivity contribution in [2.24, 2.45) is 0 Å². The highest BCUT2D eigenvalue weighted by Crippen LogP contribution is 2.13. The first-order valence-corrected chi connectivity index (χ1v) is 7.05. The molecule has 0 aliphatic carbocycles. The summed E-state index contributed by atoms with van der Waals surface area (Å²) >= 11 is 0. The molecule has 0 atom stereocenters. The van der Waals surface area contributed by atoms with E-state index >= 15 is 0 Å². The molecule has 1 aliphatic rings. The Bertz CT molecular complexity index is 831. The van der Waals surface area contributed by atoms with Crippen molar-refractivity contribution in [2.45, 2.75) is 19.4 Å². The highest BCUT2D eigenvalue weighted by atomic mass is 16.1. The maximum absolute atomic E-state index is 12.1. The Hall–Kier alpha value is -2.47. The average Bonchev–Trinajstić information content (AvgIpc) is 2.89. The van der Waals surface area contributed by atoms with Crippen LogP contribution in [0.15, 0.2) is 29.1 Å². The number of para-hydroxylation sites is 2. The zero-order valence-electron chi connectivity index (χ0n) is 11.4. The van der Waals surface area contributed by atoms with Crippen LogP contribution in [0, 0.1) is 0 Å². The quantitative estimate of drug-likeness (QED) is 0.651. The van der Waals surface area contributed by atoms with Crippen LogP contribution in [0.5, 0.6) is 0 Å². The van der Waals surface area contributed by atoms with E-state index in [2.05, 4.69) is 25.3 Å². The van der Waals surface area contributed by atoms with Gasteiger partial charge in [0.05, 0.1) is 23.1 Å². The SMILES string of the molecule is O=c1[nH]c(Cc2nc3ccccc3[nH]2)nc2c1CCNC2. The number of benzene rings is 1. The predicted octanol–water partition coefficient (Wildman–Crippen LogP) is 0.883. The van der Waals surface area contributed by atoms with E-state index in [0.29, 0.717) is 18.8 Å². The average molecular weight is 281 g/mol. The Kier molecular flexibility index (Phi) is 2.82. The molecule has 0 spiro atoms. The van der Waals surface area contributed by atoms with Crippen molar-refractivity contribution in [3.63, 3.8) is 0 Å². The number of H-pyrrole nitrogens is 2. The molecule has 2 aromatic heterocycles. The van der Waals surface area contributed by atoms with Gasteiger partial charge in [-0.25, -0.2) is 9.97 Å². The third kappa shape index (κ3) is 2.23. The van der Waals surface area contributed by atoms with Gasteiger partial charge < -0.3 is 15.3 Å². The van der Waals surface area contributed by atoms with Gasteiger partial charge in [-0.2, -0.15) is 0 Å². The Labute approximate surface area is 120 Å². The minimum Gasteiger partial charge on any atom is -0.342 e. The van der Waals surface area contributed by atoms with E-state index in [1.807, 2.05) is 24.3 Å². The standard InChI is InChI=1S/C15H15N5O/c21-15-9-5-6-16-8-12(9)19-14(20-15)7-13-17-10-3-1-2-4-11(10)18-13/h1-4,16H,5-8H2,(H,17,18)(H,19,20,21). The van der Waals surface area contributed by atoms with Gasteiger partial charge in [0.2, 0.25) is 0 Å². The summed E-state index contributed by atoms with van der Waals surface area (Å²) in [6.45, 7) is 1.49. The first-order valence-electron chi connectivity index (χ1n) is 7.05. The lowest BCUT2D eigenvalue weighted by Crippen LogP contribution is -2.32. The molecule has 3 N–H and O–H groups in total. The summed E-state index contributed by atoms with van der Waals surface area (Å²) < 4.78 is 0. The highest BCUT2D eigenvalue weighted by molar-refractivity contribution is 5.74. The van der Waals surface area contributed by atoms with Crippen LogP contribution in [0.2, 0.25) is 0 Å². The Morgan fingerprint density at radius 1 is 1.10 bits per heavy atom. The number of nitrogens with one attached hydrogen (secondary N) is 3. The van der Waals surface area contributed by atoms with Gasteiger partial charge in [-0.3, -0.25) is 4.79 Å². The number of hydrogen-bond donors (Lipinski definition) is 3. The van der Waals surface area contributed by atoms with E-state index < -0.39 is 0 Å². The van der Waals surface area contributed by atoms with Gasteiger partial charge in [0, 0.05) is 12.1 Å². The second-order valence-electron chi connectivity index (χ2n) is 5.24. The third-order valence-electron chi connectivity index (χ3n) is 3.77. The summed E-state index contributed by atoms with van der Waals surface area (Å²) in [7, 11) is 0. The van der Waals surface area contributed by atoms with Gasteiger partial charge >= 0.3 is 0 Å². The molecule has 4 rings (SSSR count). The molecule has 0 saturated heterocycles. The molecule has 21 heavy (non-hydrogen) atoms. The number of hydrogen-bond acceptors (Lipinski definition) is 4. The zero-order chi connectivity index (χ0) is 14.2. The van der Waals surface area contributed by atoms with Crippen molar-refractivity contribution in [1.29, 1.82) is 0 Å². The van der Waals surface area contributed by atoms with Crippen LogP contribution < -0.4 is 10.9 Å². The molecule has 0 unspecified atom stereocenters. The minimum absolute atomic E-state index is 0.0207. The van der Waals surface area contributed by atoms with E-state index in [0.717, 1.165) is 41.1 Å². The molecule has 1 aromatic carbocycles. The largest absolute Gasteiger partial charge is 0.342 e. The molecule has 3 aromatic rings. The summed E-state index contributed by atoms with van der Waals surface area (Å²) in [6.07, 6.45) is 1.24. The van der Waals surface area contributed by atoms with Crippen molar-refractivity contribution in [1.82, 2.24) is 25.3 Å². The lowest BCUT2D eigenvalue weighted by Gasteiger charge is -2.15. The summed E-state index contributed by atoms with van der Waals surface area (Å²) in [5, 5.41) is 3.24. The Morgan fingerprint density at radius 2 is 1.95 bits per heavy atom. The zero-order valence-corrected chi connectivity index (χ0v) is 11.4. The molecular weight excluding hydrogens is 266 g/mol. The molecule has 0 fully saturated rings. The summed E-state index contributed by atoms with van der Waals surface area (Å²) in [4.78, 5) is 27.3. The molecule has 3 heterocycles. The maximum Gasteiger partial charge on any atom is 0.254 e. The van der Waals surface area contributed by atoms with E-state index in [1.165, 1.54) is 0 Å². The molecule has 6 heteroatoms. The fraction of sp³-hybridized carbons (Fsp3) is 0.267. The smallest absolute Gasteiger partial charge is 0.254 e. The van der Waals surface area contributed by atoms with Crippen LogP contribution in [0.1, 0.15) is 22.9 Å². The minimum atomic E-state index is -0.0207. The molecule has 0 radical (unpaired) electrons. The van der Waals surface area contributed by atoms with Gasteiger partial charge in [0.25, 0.3) is 5.56 Å². The van der Waals surface area contributed by atoms with Gasteiger partial charge in [-0.1, -0.05) is 12.1 Å². The van der Waals surface area contributed by atoms with Crippen LogP contribution in [0.25, 0.3) is 11.0 Å².